The quantitative estimate of drug-likeness (QED) is 0.782. The summed E-state index contributed by atoms with van der Waals surface area (Å²) in [5, 5.41) is 0. The van der Waals surface area contributed by atoms with Crippen LogP contribution in [0.15, 0.2) is 41.3 Å². The first-order chi connectivity index (χ1) is 13.9. The van der Waals surface area contributed by atoms with Crippen LogP contribution in [0.3, 0.4) is 0 Å². The summed E-state index contributed by atoms with van der Waals surface area (Å²) in [5.74, 6) is 1.24. The summed E-state index contributed by atoms with van der Waals surface area (Å²) in [6.07, 6.45) is 3.67. The van der Waals surface area contributed by atoms with Gasteiger partial charge in [-0.15, -0.1) is 0 Å². The number of carbonyl (C=O) groups excluding carboxylic acids is 1. The number of amides is 1. The van der Waals surface area contributed by atoms with Crippen LogP contribution in [-0.2, 0) is 21.2 Å². The molecule has 1 saturated carbocycles. The highest BCUT2D eigenvalue weighted by Gasteiger charge is 2.33. The van der Waals surface area contributed by atoms with Crippen molar-refractivity contribution in [2.45, 2.75) is 30.6 Å². The molecule has 1 aliphatic carbocycles. The Morgan fingerprint density at radius 2 is 1.83 bits per heavy atom. The van der Waals surface area contributed by atoms with Crippen molar-refractivity contribution < 1.29 is 22.7 Å². The predicted octanol–water partition coefficient (Wildman–Crippen LogP) is 3.19. The van der Waals surface area contributed by atoms with E-state index in [0.29, 0.717) is 30.2 Å². The molecule has 0 radical (unpaired) electrons. The summed E-state index contributed by atoms with van der Waals surface area (Å²) in [6, 6.07) is 9.78. The number of fused-ring (bicyclic) bond motifs is 1. The monoisotopic (exact) mass is 416 g/mol. The number of nitrogens with one attached hydrogen (secondary N) is 1. The van der Waals surface area contributed by atoms with E-state index < -0.39 is 10.0 Å². The lowest BCUT2D eigenvalue weighted by atomic mass is 9.84. The van der Waals surface area contributed by atoms with E-state index in [0.717, 1.165) is 30.5 Å². The molecule has 8 heteroatoms. The van der Waals surface area contributed by atoms with Crippen molar-refractivity contribution in [3.63, 3.8) is 0 Å². The maximum atomic E-state index is 12.9. The molecular formula is C21H24N2O5S. The summed E-state index contributed by atoms with van der Waals surface area (Å²) in [7, 11) is -0.764. The number of sulfonamides is 1. The third kappa shape index (κ3) is 3.64. The van der Waals surface area contributed by atoms with Crippen molar-refractivity contribution in [1.82, 2.24) is 0 Å². The van der Waals surface area contributed by atoms with E-state index in [4.69, 9.17) is 9.47 Å². The predicted molar refractivity (Wildman–Crippen MR) is 110 cm³/mol. The van der Waals surface area contributed by atoms with E-state index in [1.165, 1.54) is 14.2 Å². The normalized spacial score (nSPS) is 16.1. The van der Waals surface area contributed by atoms with Gasteiger partial charge in [0.15, 0.2) is 11.5 Å². The zero-order valence-electron chi connectivity index (χ0n) is 16.5. The van der Waals surface area contributed by atoms with Gasteiger partial charge in [0.1, 0.15) is 0 Å². The highest BCUT2D eigenvalue weighted by atomic mass is 32.2. The van der Waals surface area contributed by atoms with Crippen molar-refractivity contribution in [3.05, 3.63) is 42.0 Å². The Morgan fingerprint density at radius 3 is 2.48 bits per heavy atom. The molecule has 0 unspecified atom stereocenters. The number of rotatable bonds is 6. The average Bonchev–Trinajstić information content (AvgIpc) is 3.09. The van der Waals surface area contributed by atoms with Crippen molar-refractivity contribution in [2.75, 3.05) is 30.4 Å². The van der Waals surface area contributed by atoms with E-state index in [1.54, 1.807) is 41.3 Å². The van der Waals surface area contributed by atoms with Crippen LogP contribution < -0.4 is 19.1 Å². The lowest BCUT2D eigenvalue weighted by Crippen LogP contribution is -2.37. The Hall–Kier alpha value is -2.74. The summed E-state index contributed by atoms with van der Waals surface area (Å²) in [5.41, 5.74) is 2.09. The summed E-state index contributed by atoms with van der Waals surface area (Å²) >= 11 is 0. The number of methoxy groups -OCH3 is 2. The van der Waals surface area contributed by atoms with Gasteiger partial charge in [0.25, 0.3) is 10.0 Å². The Labute approximate surface area is 170 Å². The van der Waals surface area contributed by atoms with Gasteiger partial charge in [-0.25, -0.2) is 8.42 Å². The maximum absolute atomic E-state index is 12.9. The zero-order chi connectivity index (χ0) is 20.6. The first-order valence-corrected chi connectivity index (χ1v) is 11.1. The lowest BCUT2D eigenvalue weighted by Gasteiger charge is -2.29. The molecular weight excluding hydrogens is 392 g/mol. The molecule has 2 aromatic carbocycles. The second-order valence-corrected chi connectivity index (χ2v) is 9.02. The molecule has 2 aliphatic rings. The highest BCUT2D eigenvalue weighted by Crippen LogP contribution is 2.36. The lowest BCUT2D eigenvalue weighted by molar-refractivity contribution is -0.124. The van der Waals surface area contributed by atoms with Crippen molar-refractivity contribution in [3.8, 4) is 11.5 Å². The van der Waals surface area contributed by atoms with Crippen LogP contribution in [0, 0.1) is 5.92 Å². The molecule has 0 atom stereocenters. The van der Waals surface area contributed by atoms with Crippen LogP contribution in [0.1, 0.15) is 24.8 Å². The van der Waals surface area contributed by atoms with Crippen molar-refractivity contribution in [2.24, 2.45) is 5.92 Å². The molecule has 154 valence electrons. The molecule has 1 fully saturated rings. The Kier molecular flexibility index (Phi) is 5.12. The third-order valence-corrected chi connectivity index (χ3v) is 6.99. The fraction of sp³-hybridized carbons (Fsp3) is 0.381. The minimum atomic E-state index is -3.78. The molecule has 1 amide bonds. The van der Waals surface area contributed by atoms with Crippen molar-refractivity contribution in [1.29, 1.82) is 0 Å². The van der Waals surface area contributed by atoms with Crippen LogP contribution in [0.25, 0.3) is 0 Å². The average molecular weight is 416 g/mol. The minimum Gasteiger partial charge on any atom is -0.493 e. The number of ether oxygens (including phenoxy) is 2. The molecule has 0 bridgehead atoms. The molecule has 0 aromatic heterocycles. The van der Waals surface area contributed by atoms with Crippen LogP contribution in [0.4, 0.5) is 11.4 Å². The van der Waals surface area contributed by atoms with Gasteiger partial charge in [0.05, 0.1) is 24.8 Å². The smallest absolute Gasteiger partial charge is 0.261 e. The van der Waals surface area contributed by atoms with Crippen LogP contribution in [0.5, 0.6) is 11.5 Å². The number of benzene rings is 2. The van der Waals surface area contributed by atoms with Gasteiger partial charge < -0.3 is 14.4 Å². The summed E-state index contributed by atoms with van der Waals surface area (Å²) in [6.45, 7) is 0.608. The molecule has 1 aliphatic heterocycles. The molecule has 0 saturated heterocycles. The maximum Gasteiger partial charge on any atom is 0.261 e. The molecule has 1 heterocycles. The van der Waals surface area contributed by atoms with Gasteiger partial charge in [-0.05, 0) is 55.2 Å². The van der Waals surface area contributed by atoms with E-state index in [2.05, 4.69) is 4.72 Å². The summed E-state index contributed by atoms with van der Waals surface area (Å²) in [4.78, 5) is 14.6. The van der Waals surface area contributed by atoms with Gasteiger partial charge in [-0.1, -0.05) is 6.42 Å². The fourth-order valence-corrected chi connectivity index (χ4v) is 4.86. The summed E-state index contributed by atoms with van der Waals surface area (Å²) < 4.78 is 38.7. The topological polar surface area (TPSA) is 84.9 Å². The second-order valence-electron chi connectivity index (χ2n) is 7.33. The van der Waals surface area contributed by atoms with E-state index >= 15 is 0 Å². The number of nitrogens with zero attached hydrogens (tertiary/aromatic N) is 1. The van der Waals surface area contributed by atoms with E-state index in [1.807, 2.05) is 0 Å². The Balaban J connectivity index is 1.56. The third-order valence-electron chi connectivity index (χ3n) is 5.61. The number of carbonyl (C=O) groups is 1. The highest BCUT2D eigenvalue weighted by molar-refractivity contribution is 7.92. The standard InChI is InChI=1S/C21H24N2O5S/c1-27-19-9-6-16(13-20(19)28-2)22-29(25,26)17-7-8-18-15(12-17)10-11-23(18)21(24)14-4-3-5-14/h6-9,12-14,22H,3-5,10-11H2,1-2H3. The van der Waals surface area contributed by atoms with Gasteiger partial charge in [-0.2, -0.15) is 0 Å². The minimum absolute atomic E-state index is 0.121. The molecule has 1 N–H and O–H groups in total. The Morgan fingerprint density at radius 1 is 1.07 bits per heavy atom. The second kappa shape index (κ2) is 7.59. The van der Waals surface area contributed by atoms with Gasteiger partial charge in [0.2, 0.25) is 5.91 Å². The molecule has 29 heavy (non-hydrogen) atoms. The molecule has 4 rings (SSSR count). The first kappa shape index (κ1) is 19.6. The SMILES string of the molecule is COc1ccc(NS(=O)(=O)c2ccc3c(c2)CCN3C(=O)C2CCC2)cc1OC. The number of hydrogen-bond donors (Lipinski definition) is 1. The largest absolute Gasteiger partial charge is 0.493 e. The zero-order valence-corrected chi connectivity index (χ0v) is 17.3. The van der Waals surface area contributed by atoms with Gasteiger partial charge >= 0.3 is 0 Å². The van der Waals surface area contributed by atoms with Crippen LogP contribution in [0.2, 0.25) is 0 Å². The first-order valence-electron chi connectivity index (χ1n) is 9.62. The number of anilines is 2. The Bertz CT molecular complexity index is 1050. The van der Waals surface area contributed by atoms with Crippen LogP contribution in [-0.4, -0.2) is 35.1 Å². The fourth-order valence-electron chi connectivity index (χ4n) is 3.76. The number of hydrogen-bond acceptors (Lipinski definition) is 5. The van der Waals surface area contributed by atoms with Gasteiger partial charge in [0, 0.05) is 24.2 Å². The van der Waals surface area contributed by atoms with Crippen LogP contribution >= 0.6 is 0 Å². The molecule has 2 aromatic rings. The molecule has 7 nitrogen and oxygen atoms in total. The van der Waals surface area contributed by atoms with E-state index in [9.17, 15) is 13.2 Å². The van der Waals surface area contributed by atoms with Gasteiger partial charge in [-0.3, -0.25) is 9.52 Å². The van der Waals surface area contributed by atoms with Crippen molar-refractivity contribution >= 4 is 27.3 Å². The molecule has 0 spiro atoms. The van der Waals surface area contributed by atoms with E-state index in [-0.39, 0.29) is 16.7 Å².